The second kappa shape index (κ2) is 6.67. The van der Waals surface area contributed by atoms with E-state index in [-0.39, 0.29) is 11.7 Å². The maximum Gasteiger partial charge on any atom is 0.275 e. The lowest BCUT2D eigenvalue weighted by Crippen LogP contribution is -2.49. The predicted molar refractivity (Wildman–Crippen MR) is 94.6 cm³/mol. The lowest BCUT2D eigenvalue weighted by molar-refractivity contribution is 0.0739. The molecule has 0 bridgehead atoms. The largest absolute Gasteiger partial charge is 0.477 e. The number of amides is 1. The second-order valence-corrected chi connectivity index (χ2v) is 6.92. The van der Waals surface area contributed by atoms with Crippen molar-refractivity contribution in [2.24, 2.45) is 0 Å². The zero-order valence-electron chi connectivity index (χ0n) is 13.6. The first-order valence-corrected chi connectivity index (χ1v) is 9.12. The van der Waals surface area contributed by atoms with Crippen molar-refractivity contribution in [1.82, 2.24) is 14.7 Å². The first-order valence-electron chi connectivity index (χ1n) is 8.33. The molecule has 0 spiro atoms. The molecule has 2 aromatic rings. The number of rotatable bonds is 2. The molecule has 1 aromatic heterocycles. The molecule has 0 unspecified atom stereocenters. The molecule has 4 rings (SSSR count). The molecule has 1 amide bonds. The van der Waals surface area contributed by atoms with Crippen LogP contribution in [0.15, 0.2) is 28.7 Å². The Morgan fingerprint density at radius 2 is 1.92 bits per heavy atom. The van der Waals surface area contributed by atoms with Crippen LogP contribution < -0.4 is 9.64 Å². The number of fused-ring (bicyclic) bond motifs is 1. The molecular weight excluding hydrogens is 391 g/mol. The molecular formula is C17H18BrFN4O2. The van der Waals surface area contributed by atoms with Gasteiger partial charge in [0, 0.05) is 39.1 Å². The summed E-state index contributed by atoms with van der Waals surface area (Å²) >= 11 is 3.45. The van der Waals surface area contributed by atoms with Crippen LogP contribution in [0.25, 0.3) is 0 Å². The number of aryl methyl sites for hydroxylation is 1. The number of ether oxygens (including phenoxy) is 1. The summed E-state index contributed by atoms with van der Waals surface area (Å²) in [5.74, 6) is 0.272. The minimum absolute atomic E-state index is 0.120. The summed E-state index contributed by atoms with van der Waals surface area (Å²) in [4.78, 5) is 16.5. The van der Waals surface area contributed by atoms with Gasteiger partial charge < -0.3 is 14.5 Å². The highest BCUT2D eigenvalue weighted by Crippen LogP contribution is 2.32. The van der Waals surface area contributed by atoms with Gasteiger partial charge in [-0.2, -0.15) is 5.10 Å². The van der Waals surface area contributed by atoms with Gasteiger partial charge in [-0.3, -0.25) is 4.79 Å². The zero-order chi connectivity index (χ0) is 17.4. The molecule has 0 radical (unpaired) electrons. The average molecular weight is 409 g/mol. The third-order valence-corrected chi connectivity index (χ3v) is 5.28. The molecule has 3 heterocycles. The van der Waals surface area contributed by atoms with Crippen LogP contribution in [0.4, 0.5) is 10.1 Å². The van der Waals surface area contributed by atoms with Crippen LogP contribution in [0.1, 0.15) is 16.9 Å². The number of hydrogen-bond acceptors (Lipinski definition) is 4. The van der Waals surface area contributed by atoms with E-state index in [2.05, 4.69) is 21.0 Å². The van der Waals surface area contributed by atoms with Gasteiger partial charge in [0.1, 0.15) is 10.3 Å². The Hall–Kier alpha value is -2.09. The molecule has 0 aliphatic carbocycles. The van der Waals surface area contributed by atoms with Crippen LogP contribution in [0.5, 0.6) is 5.88 Å². The summed E-state index contributed by atoms with van der Waals surface area (Å²) in [5, 5.41) is 4.40. The Bertz CT molecular complexity index is 802. The number of carbonyl (C=O) groups is 1. The topological polar surface area (TPSA) is 50.6 Å². The summed E-state index contributed by atoms with van der Waals surface area (Å²) in [7, 11) is 0. The number of nitrogens with zero attached hydrogens (tertiary/aromatic N) is 4. The summed E-state index contributed by atoms with van der Waals surface area (Å²) < 4.78 is 21.9. The standard InChI is InChI=1S/C17H18BrFN4O2/c18-14-15(20-23-6-3-11-25-17(14)23)16(24)22-9-7-21(8-10-22)13-5-2-1-4-12(13)19/h1-2,4-5H,3,6-11H2. The highest BCUT2D eigenvalue weighted by atomic mass is 79.9. The van der Waals surface area contributed by atoms with E-state index < -0.39 is 0 Å². The van der Waals surface area contributed by atoms with Crippen LogP contribution in [-0.2, 0) is 6.54 Å². The van der Waals surface area contributed by atoms with E-state index in [1.807, 2.05) is 11.0 Å². The van der Waals surface area contributed by atoms with E-state index in [1.165, 1.54) is 6.07 Å². The van der Waals surface area contributed by atoms with Gasteiger partial charge in [-0.25, -0.2) is 9.07 Å². The van der Waals surface area contributed by atoms with Crippen molar-refractivity contribution in [3.8, 4) is 5.88 Å². The van der Waals surface area contributed by atoms with E-state index in [0.717, 1.165) is 13.0 Å². The average Bonchev–Trinajstić information content (AvgIpc) is 2.99. The van der Waals surface area contributed by atoms with Gasteiger partial charge in [0.2, 0.25) is 5.88 Å². The summed E-state index contributed by atoms with van der Waals surface area (Å²) in [6, 6.07) is 6.73. The van der Waals surface area contributed by atoms with Crippen LogP contribution >= 0.6 is 15.9 Å². The quantitative estimate of drug-likeness (QED) is 0.765. The molecule has 0 N–H and O–H groups in total. The molecule has 8 heteroatoms. The maximum absolute atomic E-state index is 13.9. The maximum atomic E-state index is 13.9. The Kier molecular flexibility index (Phi) is 4.37. The first kappa shape index (κ1) is 16.4. The van der Waals surface area contributed by atoms with Crippen LogP contribution in [0.3, 0.4) is 0 Å². The van der Waals surface area contributed by atoms with Gasteiger partial charge >= 0.3 is 0 Å². The molecule has 0 saturated carbocycles. The monoisotopic (exact) mass is 408 g/mol. The number of aromatic nitrogens is 2. The predicted octanol–water partition coefficient (Wildman–Crippen LogP) is 2.53. The molecule has 1 fully saturated rings. The highest BCUT2D eigenvalue weighted by molar-refractivity contribution is 9.10. The third-order valence-electron chi connectivity index (χ3n) is 4.57. The molecule has 6 nitrogen and oxygen atoms in total. The van der Waals surface area contributed by atoms with Gasteiger partial charge in [0.05, 0.1) is 12.3 Å². The van der Waals surface area contributed by atoms with E-state index >= 15 is 0 Å². The Labute approximate surface area is 153 Å². The van der Waals surface area contributed by atoms with Crippen molar-refractivity contribution in [3.05, 3.63) is 40.2 Å². The van der Waals surface area contributed by atoms with Crippen LogP contribution in [0.2, 0.25) is 0 Å². The fraction of sp³-hybridized carbons (Fsp3) is 0.412. The molecule has 2 aliphatic rings. The van der Waals surface area contributed by atoms with Crippen molar-refractivity contribution in [2.75, 3.05) is 37.7 Å². The first-order chi connectivity index (χ1) is 12.1. The van der Waals surface area contributed by atoms with E-state index in [1.54, 1.807) is 21.7 Å². The molecule has 0 atom stereocenters. The number of hydrogen-bond donors (Lipinski definition) is 0. The van der Waals surface area contributed by atoms with E-state index in [9.17, 15) is 9.18 Å². The SMILES string of the molecule is O=C(c1nn2c(c1Br)OCCC2)N1CCN(c2ccccc2F)CC1. The van der Waals surface area contributed by atoms with E-state index in [4.69, 9.17) is 4.74 Å². The van der Waals surface area contributed by atoms with Crippen molar-refractivity contribution >= 4 is 27.5 Å². The van der Waals surface area contributed by atoms with Crippen molar-refractivity contribution < 1.29 is 13.9 Å². The lowest BCUT2D eigenvalue weighted by atomic mass is 10.2. The number of benzene rings is 1. The minimum atomic E-state index is -0.232. The number of para-hydroxylation sites is 1. The molecule has 2 aliphatic heterocycles. The van der Waals surface area contributed by atoms with Crippen molar-refractivity contribution in [3.63, 3.8) is 0 Å². The normalized spacial score (nSPS) is 17.2. The Morgan fingerprint density at radius 1 is 1.16 bits per heavy atom. The Balaban J connectivity index is 1.47. The van der Waals surface area contributed by atoms with Crippen LogP contribution in [0, 0.1) is 5.82 Å². The summed E-state index contributed by atoms with van der Waals surface area (Å²) in [6.45, 7) is 3.63. The van der Waals surface area contributed by atoms with Gasteiger partial charge in [-0.1, -0.05) is 12.1 Å². The van der Waals surface area contributed by atoms with Gasteiger partial charge in [0.15, 0.2) is 5.69 Å². The lowest BCUT2D eigenvalue weighted by Gasteiger charge is -2.35. The molecule has 1 saturated heterocycles. The number of piperazine rings is 1. The Morgan fingerprint density at radius 3 is 2.64 bits per heavy atom. The van der Waals surface area contributed by atoms with Crippen LogP contribution in [-0.4, -0.2) is 53.4 Å². The smallest absolute Gasteiger partial charge is 0.275 e. The molecule has 1 aromatic carbocycles. The number of anilines is 1. The summed E-state index contributed by atoms with van der Waals surface area (Å²) in [5.41, 5.74) is 0.970. The van der Waals surface area contributed by atoms with Crippen molar-refractivity contribution in [1.29, 1.82) is 0 Å². The number of carbonyl (C=O) groups excluding carboxylic acids is 1. The van der Waals surface area contributed by atoms with E-state index in [0.29, 0.717) is 54.5 Å². The third kappa shape index (κ3) is 2.99. The molecule has 25 heavy (non-hydrogen) atoms. The fourth-order valence-corrected chi connectivity index (χ4v) is 3.81. The van der Waals surface area contributed by atoms with Gasteiger partial charge in [-0.15, -0.1) is 0 Å². The second-order valence-electron chi connectivity index (χ2n) is 6.12. The fourth-order valence-electron chi connectivity index (χ4n) is 3.24. The molecule has 132 valence electrons. The van der Waals surface area contributed by atoms with Crippen molar-refractivity contribution in [2.45, 2.75) is 13.0 Å². The minimum Gasteiger partial charge on any atom is -0.477 e. The van der Waals surface area contributed by atoms with Gasteiger partial charge in [0.25, 0.3) is 5.91 Å². The van der Waals surface area contributed by atoms with Gasteiger partial charge in [-0.05, 0) is 28.1 Å². The highest BCUT2D eigenvalue weighted by Gasteiger charge is 2.30. The zero-order valence-corrected chi connectivity index (χ0v) is 15.2. The number of halogens is 2. The summed E-state index contributed by atoms with van der Waals surface area (Å²) in [6.07, 6.45) is 0.885.